The smallest absolute Gasteiger partial charge is 0.0590 e. The molecule has 0 aliphatic carbocycles. The van der Waals surface area contributed by atoms with Gasteiger partial charge in [0.2, 0.25) is 0 Å². The highest BCUT2D eigenvalue weighted by Gasteiger charge is 2.06. The third-order valence-electron chi connectivity index (χ3n) is 1.65. The Hall–Kier alpha value is -0.0200. The maximum absolute atomic E-state index is 11.5. The zero-order valence-corrected chi connectivity index (χ0v) is 10.9. The first kappa shape index (κ1) is 13.0. The first-order chi connectivity index (χ1) is 6.99. The molecule has 15 heavy (non-hydrogen) atoms. The van der Waals surface area contributed by atoms with Crippen LogP contribution in [0.5, 0.6) is 0 Å². The molecule has 0 aromatic heterocycles. The molecule has 0 saturated heterocycles. The molecule has 0 radical (unpaired) electrons. The third kappa shape index (κ3) is 4.56. The van der Waals surface area contributed by atoms with Gasteiger partial charge in [0, 0.05) is 25.9 Å². The van der Waals surface area contributed by atoms with E-state index in [2.05, 4.69) is 6.58 Å². The van der Waals surface area contributed by atoms with Crippen LogP contribution >= 0.6 is 34.8 Å². The van der Waals surface area contributed by atoms with Crippen molar-refractivity contribution in [2.45, 2.75) is 5.75 Å². The molecule has 0 aliphatic rings. The highest BCUT2D eigenvalue weighted by atomic mass is 35.5. The molecule has 1 aromatic carbocycles. The van der Waals surface area contributed by atoms with Crippen LogP contribution in [-0.4, -0.2) is 9.96 Å². The second-order valence-corrected chi connectivity index (χ2v) is 5.82. The van der Waals surface area contributed by atoms with Crippen LogP contribution in [0.1, 0.15) is 5.56 Å². The summed E-state index contributed by atoms with van der Waals surface area (Å²) in [5, 5.41) is 1.48. The van der Waals surface area contributed by atoms with Gasteiger partial charge in [0.15, 0.2) is 0 Å². The molecule has 1 atom stereocenters. The molecule has 1 aromatic rings. The SMILES string of the molecule is C=C(Cl)CS(=O)Cc1ccc(Cl)cc1Cl. The van der Waals surface area contributed by atoms with Gasteiger partial charge in [-0.2, -0.15) is 0 Å². The monoisotopic (exact) mass is 282 g/mol. The number of rotatable bonds is 4. The average Bonchev–Trinajstić information content (AvgIpc) is 2.08. The molecule has 0 spiro atoms. The van der Waals surface area contributed by atoms with E-state index in [1.54, 1.807) is 18.2 Å². The lowest BCUT2D eigenvalue weighted by molar-refractivity contribution is 0.684. The molecule has 1 rings (SSSR count). The summed E-state index contributed by atoms with van der Waals surface area (Å²) in [6, 6.07) is 5.11. The third-order valence-corrected chi connectivity index (χ3v) is 3.83. The second kappa shape index (κ2) is 5.90. The van der Waals surface area contributed by atoms with Crippen molar-refractivity contribution in [1.82, 2.24) is 0 Å². The molecule has 0 saturated carbocycles. The van der Waals surface area contributed by atoms with Gasteiger partial charge in [0.05, 0.1) is 11.5 Å². The van der Waals surface area contributed by atoms with Gasteiger partial charge in [0.25, 0.3) is 0 Å². The quantitative estimate of drug-likeness (QED) is 0.816. The molecular weight excluding hydrogens is 275 g/mol. The van der Waals surface area contributed by atoms with Gasteiger partial charge in [-0.15, -0.1) is 0 Å². The predicted octanol–water partition coefficient (Wildman–Crippen LogP) is 3.99. The van der Waals surface area contributed by atoms with Gasteiger partial charge in [-0.1, -0.05) is 47.4 Å². The molecule has 82 valence electrons. The fraction of sp³-hybridized carbons (Fsp3) is 0.200. The molecule has 0 fully saturated rings. The Kier molecular flexibility index (Phi) is 5.13. The van der Waals surface area contributed by atoms with Crippen molar-refractivity contribution >= 4 is 45.6 Å². The van der Waals surface area contributed by atoms with Gasteiger partial charge in [-0.05, 0) is 17.7 Å². The van der Waals surface area contributed by atoms with Crippen molar-refractivity contribution < 1.29 is 4.21 Å². The van der Waals surface area contributed by atoms with Crippen LogP contribution in [0.4, 0.5) is 0 Å². The molecule has 0 amide bonds. The highest BCUT2D eigenvalue weighted by Crippen LogP contribution is 2.22. The lowest BCUT2D eigenvalue weighted by atomic mass is 10.2. The minimum atomic E-state index is -1.08. The van der Waals surface area contributed by atoms with Crippen molar-refractivity contribution in [3.63, 3.8) is 0 Å². The van der Waals surface area contributed by atoms with Gasteiger partial charge in [0.1, 0.15) is 0 Å². The summed E-state index contributed by atoms with van der Waals surface area (Å²) in [6.07, 6.45) is 0. The minimum absolute atomic E-state index is 0.278. The van der Waals surface area contributed by atoms with Crippen molar-refractivity contribution in [2.24, 2.45) is 0 Å². The Bertz CT molecular complexity index is 404. The predicted molar refractivity (Wildman–Crippen MR) is 68.2 cm³/mol. The molecule has 5 heteroatoms. The fourth-order valence-corrected chi connectivity index (χ4v) is 3.01. The zero-order chi connectivity index (χ0) is 11.4. The fourth-order valence-electron chi connectivity index (χ4n) is 1.04. The molecular formula is C10H9Cl3OS. The van der Waals surface area contributed by atoms with E-state index in [1.807, 2.05) is 0 Å². The van der Waals surface area contributed by atoms with Crippen LogP contribution in [0.25, 0.3) is 0 Å². The second-order valence-electron chi connectivity index (χ2n) is 2.98. The Labute approximate surface area is 106 Å². The van der Waals surface area contributed by atoms with Crippen LogP contribution < -0.4 is 0 Å². The molecule has 1 unspecified atom stereocenters. The number of halogens is 3. The summed E-state index contributed by atoms with van der Waals surface area (Å²) in [6.45, 7) is 3.49. The van der Waals surface area contributed by atoms with E-state index < -0.39 is 10.8 Å². The van der Waals surface area contributed by atoms with E-state index in [4.69, 9.17) is 34.8 Å². The van der Waals surface area contributed by atoms with E-state index in [1.165, 1.54) is 0 Å². The van der Waals surface area contributed by atoms with Crippen molar-refractivity contribution in [1.29, 1.82) is 0 Å². The largest absolute Gasteiger partial charge is 0.259 e. The summed E-state index contributed by atoms with van der Waals surface area (Å²) in [7, 11) is -1.08. The van der Waals surface area contributed by atoms with Crippen molar-refractivity contribution in [3.05, 3.63) is 45.4 Å². The first-order valence-electron chi connectivity index (χ1n) is 4.11. The van der Waals surface area contributed by atoms with Crippen LogP contribution in [-0.2, 0) is 16.6 Å². The van der Waals surface area contributed by atoms with Gasteiger partial charge in [-0.3, -0.25) is 4.21 Å². The van der Waals surface area contributed by atoms with E-state index in [0.29, 0.717) is 20.8 Å². The van der Waals surface area contributed by atoms with E-state index in [0.717, 1.165) is 5.56 Å². The summed E-state index contributed by atoms with van der Waals surface area (Å²) in [4.78, 5) is 0. The molecule has 0 aliphatic heterocycles. The van der Waals surface area contributed by atoms with E-state index in [9.17, 15) is 4.21 Å². The van der Waals surface area contributed by atoms with Crippen LogP contribution in [0.15, 0.2) is 29.8 Å². The van der Waals surface area contributed by atoms with Crippen LogP contribution in [0.3, 0.4) is 0 Å². The van der Waals surface area contributed by atoms with Crippen molar-refractivity contribution in [2.75, 3.05) is 5.75 Å². The lowest BCUT2D eigenvalue weighted by Crippen LogP contribution is -2.01. The van der Waals surface area contributed by atoms with Gasteiger partial charge in [-0.25, -0.2) is 0 Å². The number of hydrogen-bond acceptors (Lipinski definition) is 1. The molecule has 0 N–H and O–H groups in total. The molecule has 0 heterocycles. The average molecular weight is 284 g/mol. The standard InChI is InChI=1S/C10H9Cl3OS/c1-7(11)5-15(14)6-8-2-3-9(12)4-10(8)13/h2-4H,1,5-6H2. The van der Waals surface area contributed by atoms with Crippen LogP contribution in [0.2, 0.25) is 10.0 Å². The van der Waals surface area contributed by atoms with Crippen LogP contribution in [0, 0.1) is 0 Å². The molecule has 1 nitrogen and oxygen atoms in total. The summed E-state index contributed by atoms with van der Waals surface area (Å²) in [5.41, 5.74) is 0.803. The van der Waals surface area contributed by atoms with Gasteiger partial charge >= 0.3 is 0 Å². The topological polar surface area (TPSA) is 17.1 Å². The van der Waals surface area contributed by atoms with E-state index in [-0.39, 0.29) is 5.75 Å². The van der Waals surface area contributed by atoms with E-state index >= 15 is 0 Å². The summed E-state index contributed by atoms with van der Waals surface area (Å²) >= 11 is 17.2. The molecule has 0 bridgehead atoms. The maximum atomic E-state index is 11.5. The Morgan fingerprint density at radius 3 is 2.60 bits per heavy atom. The lowest BCUT2D eigenvalue weighted by Gasteiger charge is -2.04. The Morgan fingerprint density at radius 2 is 2.07 bits per heavy atom. The van der Waals surface area contributed by atoms with Gasteiger partial charge < -0.3 is 0 Å². The highest BCUT2D eigenvalue weighted by molar-refractivity contribution is 7.84. The minimum Gasteiger partial charge on any atom is -0.259 e. The zero-order valence-electron chi connectivity index (χ0n) is 7.80. The van der Waals surface area contributed by atoms with Crippen molar-refractivity contribution in [3.8, 4) is 0 Å². The summed E-state index contributed by atoms with van der Waals surface area (Å²) in [5.74, 6) is 0.641. The normalized spacial score (nSPS) is 12.5. The first-order valence-corrected chi connectivity index (χ1v) is 6.73. The summed E-state index contributed by atoms with van der Waals surface area (Å²) < 4.78 is 11.5. The number of hydrogen-bond donors (Lipinski definition) is 0. The number of benzene rings is 1. The Balaban J connectivity index is 2.72. The maximum Gasteiger partial charge on any atom is 0.0590 e. The Morgan fingerprint density at radius 1 is 1.40 bits per heavy atom.